The lowest BCUT2D eigenvalue weighted by Gasteiger charge is -2.22. The Bertz CT molecular complexity index is 715. The molecule has 2 saturated heterocycles. The van der Waals surface area contributed by atoms with Gasteiger partial charge in [0.2, 0.25) is 0 Å². The zero-order valence-corrected chi connectivity index (χ0v) is 16.3. The molecule has 3 amide bonds. The Morgan fingerprint density at radius 2 is 2.07 bits per heavy atom. The molecule has 0 aromatic rings. The van der Waals surface area contributed by atoms with Crippen molar-refractivity contribution in [1.29, 1.82) is 0 Å². The minimum atomic E-state index is -0.180. The molecule has 0 aromatic heterocycles. The van der Waals surface area contributed by atoms with E-state index in [1.54, 1.807) is 4.90 Å². The van der Waals surface area contributed by atoms with Gasteiger partial charge < -0.3 is 15.0 Å². The van der Waals surface area contributed by atoms with Crippen LogP contribution in [0.3, 0.4) is 0 Å². The number of carbonyl (C=O) groups is 2. The lowest BCUT2D eigenvalue weighted by atomic mass is 9.87. The van der Waals surface area contributed by atoms with Crippen LogP contribution in [-0.2, 0) is 9.53 Å². The van der Waals surface area contributed by atoms with Gasteiger partial charge >= 0.3 is 6.03 Å². The van der Waals surface area contributed by atoms with E-state index < -0.39 is 0 Å². The predicted molar refractivity (Wildman–Crippen MR) is 107 cm³/mol. The molecule has 0 spiro atoms. The van der Waals surface area contributed by atoms with Crippen LogP contribution >= 0.6 is 0 Å². The van der Waals surface area contributed by atoms with Gasteiger partial charge in [0, 0.05) is 31.1 Å². The van der Waals surface area contributed by atoms with E-state index in [4.69, 9.17) is 4.74 Å². The first-order valence-electron chi connectivity index (χ1n) is 10.5. The number of urea groups is 1. The molecule has 150 valence electrons. The molecule has 28 heavy (non-hydrogen) atoms. The van der Waals surface area contributed by atoms with Crippen molar-refractivity contribution >= 4 is 11.9 Å². The molecule has 2 heterocycles. The van der Waals surface area contributed by atoms with Crippen LogP contribution in [0.15, 0.2) is 47.8 Å². The Hall–Kier alpha value is -2.34. The van der Waals surface area contributed by atoms with E-state index in [9.17, 15) is 9.59 Å². The number of nitrogens with one attached hydrogen (secondary N) is 1. The Morgan fingerprint density at radius 1 is 1.14 bits per heavy atom. The summed E-state index contributed by atoms with van der Waals surface area (Å²) in [6.45, 7) is 3.54. The van der Waals surface area contributed by atoms with Crippen molar-refractivity contribution in [1.82, 2.24) is 15.1 Å². The second-order valence-electron chi connectivity index (χ2n) is 7.74. The van der Waals surface area contributed by atoms with Crippen molar-refractivity contribution in [3.8, 4) is 0 Å². The van der Waals surface area contributed by atoms with Crippen LogP contribution < -0.4 is 5.32 Å². The average molecular weight is 383 g/mol. The third-order valence-corrected chi connectivity index (χ3v) is 5.88. The molecule has 4 rings (SSSR count). The highest BCUT2D eigenvalue weighted by atomic mass is 16.5. The number of unbranched alkanes of at least 4 members (excludes halogenated alkanes) is 1. The highest BCUT2D eigenvalue weighted by molar-refractivity contribution is 6.04. The minimum absolute atomic E-state index is 0.00355. The maximum absolute atomic E-state index is 12.3. The molecule has 1 N–H and O–H groups in total. The van der Waals surface area contributed by atoms with Crippen LogP contribution in [0.25, 0.3) is 0 Å². The molecule has 6 nitrogen and oxygen atoms in total. The number of ether oxygens (including phenoxy) is 1. The standard InChI is InChI=1S/C22H29N3O3/c26-21-19-10-6-15-24(19)22(27)25(21)14-4-3-12-23-13-16-28-20-11-5-8-17-7-1-2-9-18(17)20/h1-2,5,7,9,11,17,19,23H,3-4,6,8,10,12-16H2. The topological polar surface area (TPSA) is 61.9 Å². The van der Waals surface area contributed by atoms with E-state index >= 15 is 0 Å². The summed E-state index contributed by atoms with van der Waals surface area (Å²) in [6.07, 6.45) is 17.4. The van der Waals surface area contributed by atoms with E-state index in [0.29, 0.717) is 19.1 Å². The minimum Gasteiger partial charge on any atom is -0.492 e. The van der Waals surface area contributed by atoms with E-state index in [0.717, 1.165) is 57.5 Å². The summed E-state index contributed by atoms with van der Waals surface area (Å²) in [6, 6.07) is -0.269. The fourth-order valence-electron chi connectivity index (χ4n) is 4.37. The van der Waals surface area contributed by atoms with E-state index in [-0.39, 0.29) is 18.0 Å². The molecule has 2 unspecified atom stereocenters. The van der Waals surface area contributed by atoms with Crippen LogP contribution in [0, 0.1) is 5.92 Å². The van der Waals surface area contributed by atoms with Gasteiger partial charge in [0.15, 0.2) is 0 Å². The molecule has 2 aliphatic carbocycles. The lowest BCUT2D eigenvalue weighted by molar-refractivity contribution is -0.128. The second-order valence-corrected chi connectivity index (χ2v) is 7.74. The SMILES string of the molecule is O=C1C2CCCN2C(=O)N1CCCCNCCOC1=C2C=CC=CC2CC=C1. The number of rotatable bonds is 9. The number of allylic oxidation sites excluding steroid dienone is 7. The number of nitrogens with zero attached hydrogens (tertiary/aromatic N) is 2. The average Bonchev–Trinajstić information content (AvgIpc) is 3.29. The fraction of sp³-hybridized carbons (Fsp3) is 0.545. The van der Waals surface area contributed by atoms with Crippen molar-refractivity contribution in [3.63, 3.8) is 0 Å². The van der Waals surface area contributed by atoms with Crippen molar-refractivity contribution in [2.75, 3.05) is 32.8 Å². The summed E-state index contributed by atoms with van der Waals surface area (Å²) in [5, 5.41) is 3.38. The first-order chi connectivity index (χ1) is 13.8. The van der Waals surface area contributed by atoms with Gasteiger partial charge in [0.05, 0.1) is 0 Å². The number of carbonyl (C=O) groups excluding carboxylic acids is 2. The van der Waals surface area contributed by atoms with Crippen LogP contribution in [0.1, 0.15) is 32.1 Å². The molecule has 4 aliphatic rings. The largest absolute Gasteiger partial charge is 0.492 e. The van der Waals surface area contributed by atoms with Crippen LogP contribution in [0.2, 0.25) is 0 Å². The molecule has 0 saturated carbocycles. The Labute approximate surface area is 166 Å². The first kappa shape index (κ1) is 19.0. The summed E-state index contributed by atoms with van der Waals surface area (Å²) < 4.78 is 5.95. The Morgan fingerprint density at radius 3 is 2.96 bits per heavy atom. The Kier molecular flexibility index (Phi) is 5.95. The maximum Gasteiger partial charge on any atom is 0.327 e. The smallest absolute Gasteiger partial charge is 0.327 e. The van der Waals surface area contributed by atoms with Crippen LogP contribution in [-0.4, -0.2) is 60.6 Å². The highest BCUT2D eigenvalue weighted by Gasteiger charge is 2.46. The highest BCUT2D eigenvalue weighted by Crippen LogP contribution is 2.30. The van der Waals surface area contributed by atoms with Gasteiger partial charge in [-0.15, -0.1) is 0 Å². The number of fused-ring (bicyclic) bond motifs is 2. The number of hydrogen-bond acceptors (Lipinski definition) is 4. The van der Waals surface area contributed by atoms with Gasteiger partial charge in [0.25, 0.3) is 5.91 Å². The lowest BCUT2D eigenvalue weighted by Crippen LogP contribution is -2.34. The third kappa shape index (κ3) is 3.92. The van der Waals surface area contributed by atoms with Crippen molar-refractivity contribution in [2.24, 2.45) is 5.92 Å². The molecular formula is C22H29N3O3. The fourth-order valence-corrected chi connectivity index (χ4v) is 4.37. The van der Waals surface area contributed by atoms with Gasteiger partial charge in [-0.3, -0.25) is 9.69 Å². The van der Waals surface area contributed by atoms with Gasteiger partial charge in [0.1, 0.15) is 18.4 Å². The summed E-state index contributed by atoms with van der Waals surface area (Å²) in [5.41, 5.74) is 1.27. The molecule has 0 bridgehead atoms. The van der Waals surface area contributed by atoms with Gasteiger partial charge in [-0.05, 0) is 44.7 Å². The summed E-state index contributed by atoms with van der Waals surface area (Å²) in [4.78, 5) is 27.7. The maximum atomic E-state index is 12.3. The zero-order valence-electron chi connectivity index (χ0n) is 16.3. The monoisotopic (exact) mass is 383 g/mol. The van der Waals surface area contributed by atoms with Gasteiger partial charge in [-0.25, -0.2) is 4.79 Å². The van der Waals surface area contributed by atoms with Gasteiger partial charge in [-0.1, -0.05) is 30.4 Å². The van der Waals surface area contributed by atoms with Crippen LogP contribution in [0.4, 0.5) is 4.79 Å². The van der Waals surface area contributed by atoms with Crippen molar-refractivity contribution in [2.45, 2.75) is 38.1 Å². The molecule has 2 atom stereocenters. The Balaban J connectivity index is 1.10. The zero-order chi connectivity index (χ0) is 19.3. The molecule has 6 heteroatoms. The van der Waals surface area contributed by atoms with E-state index in [2.05, 4.69) is 41.8 Å². The predicted octanol–water partition coefficient (Wildman–Crippen LogP) is 2.76. The van der Waals surface area contributed by atoms with E-state index in [1.165, 1.54) is 10.5 Å². The molecular weight excluding hydrogens is 354 g/mol. The first-order valence-corrected chi connectivity index (χ1v) is 10.5. The molecule has 0 aromatic carbocycles. The van der Waals surface area contributed by atoms with Crippen molar-refractivity contribution in [3.05, 3.63) is 47.8 Å². The normalized spacial score (nSPS) is 25.7. The summed E-state index contributed by atoms with van der Waals surface area (Å²) in [5.74, 6) is 1.43. The summed E-state index contributed by atoms with van der Waals surface area (Å²) in [7, 11) is 0. The second kappa shape index (κ2) is 8.78. The van der Waals surface area contributed by atoms with Crippen LogP contribution in [0.5, 0.6) is 0 Å². The molecule has 2 aliphatic heterocycles. The third-order valence-electron chi connectivity index (χ3n) is 5.88. The number of hydrogen-bond donors (Lipinski definition) is 1. The molecule has 0 radical (unpaired) electrons. The van der Waals surface area contributed by atoms with Crippen molar-refractivity contribution < 1.29 is 14.3 Å². The van der Waals surface area contributed by atoms with Gasteiger partial charge in [-0.2, -0.15) is 0 Å². The number of imide groups is 1. The number of amides is 3. The molecule has 2 fully saturated rings. The quantitative estimate of drug-likeness (QED) is 0.491. The summed E-state index contributed by atoms with van der Waals surface area (Å²) >= 11 is 0. The van der Waals surface area contributed by atoms with E-state index in [1.807, 2.05) is 0 Å².